The zero-order valence-corrected chi connectivity index (χ0v) is 12.1. The molecule has 1 saturated heterocycles. The topological polar surface area (TPSA) is 118 Å². The largest absolute Gasteiger partial charge is 0.409 e. The standard InChI is InChI=1S/C13H19N5O3/c1-8-3-4-9(2)17(7-8)13-11(12(14)16-19)5-10(6-15-13)18(20)21/h5-6,8-9,19H,3-4,7H2,1-2H3,(H2,14,16). The minimum absolute atomic E-state index is 0.174. The van der Waals surface area contributed by atoms with Gasteiger partial charge in [0.2, 0.25) is 0 Å². The number of nitrogens with two attached hydrogens (primary N) is 1. The van der Waals surface area contributed by atoms with Gasteiger partial charge in [0.15, 0.2) is 5.84 Å². The SMILES string of the molecule is CC1CCC(C)N(c2ncc([N+](=O)[O-])cc2C(N)=NO)C1. The summed E-state index contributed by atoms with van der Waals surface area (Å²) in [6.07, 6.45) is 3.34. The molecule has 2 atom stereocenters. The minimum atomic E-state index is -0.548. The number of hydrogen-bond acceptors (Lipinski definition) is 6. The van der Waals surface area contributed by atoms with Crippen LogP contribution in [-0.4, -0.2) is 33.5 Å². The van der Waals surface area contributed by atoms with E-state index in [-0.39, 0.29) is 23.1 Å². The van der Waals surface area contributed by atoms with Crippen molar-refractivity contribution in [2.45, 2.75) is 32.7 Å². The summed E-state index contributed by atoms with van der Waals surface area (Å²) in [5, 5.41) is 22.7. The molecule has 0 spiro atoms. The van der Waals surface area contributed by atoms with Gasteiger partial charge in [0.1, 0.15) is 12.0 Å². The normalized spacial score (nSPS) is 23.1. The molecule has 8 heteroatoms. The Hall–Kier alpha value is -2.38. The molecule has 0 aromatic carbocycles. The van der Waals surface area contributed by atoms with Gasteiger partial charge < -0.3 is 15.8 Å². The molecular formula is C13H19N5O3. The molecule has 1 fully saturated rings. The van der Waals surface area contributed by atoms with Crippen molar-refractivity contribution in [1.29, 1.82) is 0 Å². The number of aromatic nitrogens is 1. The third kappa shape index (κ3) is 3.04. The van der Waals surface area contributed by atoms with Gasteiger partial charge in [0.05, 0.1) is 10.5 Å². The number of amidine groups is 1. The number of nitro groups is 1. The average Bonchev–Trinajstić information content (AvgIpc) is 2.48. The predicted molar refractivity (Wildman–Crippen MR) is 78.6 cm³/mol. The van der Waals surface area contributed by atoms with Crippen LogP contribution >= 0.6 is 0 Å². The average molecular weight is 293 g/mol. The highest BCUT2D eigenvalue weighted by atomic mass is 16.6. The second kappa shape index (κ2) is 5.94. The molecular weight excluding hydrogens is 274 g/mol. The molecule has 0 bridgehead atoms. The Morgan fingerprint density at radius 1 is 1.57 bits per heavy atom. The van der Waals surface area contributed by atoms with Gasteiger partial charge in [0, 0.05) is 18.7 Å². The van der Waals surface area contributed by atoms with Crippen molar-refractivity contribution >= 4 is 17.3 Å². The van der Waals surface area contributed by atoms with E-state index in [4.69, 9.17) is 10.9 Å². The quantitative estimate of drug-likeness (QED) is 0.288. The molecule has 0 aliphatic carbocycles. The van der Waals surface area contributed by atoms with Crippen molar-refractivity contribution in [3.05, 3.63) is 27.9 Å². The molecule has 0 saturated carbocycles. The lowest BCUT2D eigenvalue weighted by atomic mass is 9.94. The van der Waals surface area contributed by atoms with E-state index in [0.717, 1.165) is 19.4 Å². The fraction of sp³-hybridized carbons (Fsp3) is 0.538. The van der Waals surface area contributed by atoms with Crippen molar-refractivity contribution in [2.75, 3.05) is 11.4 Å². The summed E-state index contributed by atoms with van der Waals surface area (Å²) in [6, 6.07) is 1.55. The van der Waals surface area contributed by atoms with Gasteiger partial charge in [-0.25, -0.2) is 4.98 Å². The van der Waals surface area contributed by atoms with E-state index in [1.807, 2.05) is 0 Å². The Morgan fingerprint density at radius 3 is 2.90 bits per heavy atom. The first-order valence-corrected chi connectivity index (χ1v) is 6.83. The highest BCUT2D eigenvalue weighted by Crippen LogP contribution is 2.30. The highest BCUT2D eigenvalue weighted by molar-refractivity contribution is 6.02. The van der Waals surface area contributed by atoms with Crippen molar-refractivity contribution in [2.24, 2.45) is 16.8 Å². The van der Waals surface area contributed by atoms with Crippen LogP contribution in [-0.2, 0) is 0 Å². The van der Waals surface area contributed by atoms with Gasteiger partial charge in [-0.15, -0.1) is 0 Å². The van der Waals surface area contributed by atoms with E-state index in [1.54, 1.807) is 0 Å². The van der Waals surface area contributed by atoms with Crippen LogP contribution in [0.15, 0.2) is 17.4 Å². The Kier molecular flexibility index (Phi) is 4.25. The van der Waals surface area contributed by atoms with Crippen molar-refractivity contribution in [3.63, 3.8) is 0 Å². The molecule has 3 N–H and O–H groups in total. The number of oxime groups is 1. The monoisotopic (exact) mass is 293 g/mol. The molecule has 1 aliphatic rings. The van der Waals surface area contributed by atoms with E-state index >= 15 is 0 Å². The van der Waals surface area contributed by atoms with Crippen LogP contribution in [0.2, 0.25) is 0 Å². The molecule has 114 valence electrons. The van der Waals surface area contributed by atoms with Crippen LogP contribution in [0.5, 0.6) is 0 Å². The fourth-order valence-electron chi connectivity index (χ4n) is 2.60. The third-order valence-corrected chi connectivity index (χ3v) is 3.84. The third-order valence-electron chi connectivity index (χ3n) is 3.84. The number of piperidine rings is 1. The molecule has 1 aliphatic heterocycles. The molecule has 8 nitrogen and oxygen atoms in total. The molecule has 2 heterocycles. The second-order valence-electron chi connectivity index (χ2n) is 5.49. The molecule has 21 heavy (non-hydrogen) atoms. The lowest BCUT2D eigenvalue weighted by Crippen LogP contribution is -2.42. The summed E-state index contributed by atoms with van der Waals surface area (Å²) in [6.45, 7) is 5.01. The predicted octanol–water partition coefficient (Wildman–Crippen LogP) is 1.71. The first kappa shape index (κ1) is 15.0. The summed E-state index contributed by atoms with van der Waals surface area (Å²) in [7, 11) is 0. The van der Waals surface area contributed by atoms with E-state index < -0.39 is 4.92 Å². The van der Waals surface area contributed by atoms with Crippen LogP contribution in [0.4, 0.5) is 11.5 Å². The summed E-state index contributed by atoms with van der Waals surface area (Å²) in [4.78, 5) is 16.6. The van der Waals surface area contributed by atoms with E-state index in [0.29, 0.717) is 11.7 Å². The lowest BCUT2D eigenvalue weighted by molar-refractivity contribution is -0.385. The van der Waals surface area contributed by atoms with Crippen LogP contribution in [0.25, 0.3) is 0 Å². The first-order valence-electron chi connectivity index (χ1n) is 6.83. The zero-order chi connectivity index (χ0) is 15.6. The van der Waals surface area contributed by atoms with Crippen molar-refractivity contribution < 1.29 is 10.1 Å². The number of rotatable bonds is 3. The maximum Gasteiger partial charge on any atom is 0.288 e. The van der Waals surface area contributed by atoms with Crippen molar-refractivity contribution in [1.82, 2.24) is 4.98 Å². The van der Waals surface area contributed by atoms with Gasteiger partial charge in [-0.05, 0) is 25.7 Å². The van der Waals surface area contributed by atoms with E-state index in [2.05, 4.69) is 28.9 Å². The fourth-order valence-corrected chi connectivity index (χ4v) is 2.60. The number of pyridine rings is 1. The van der Waals surface area contributed by atoms with Gasteiger partial charge in [0.25, 0.3) is 5.69 Å². The maximum absolute atomic E-state index is 10.9. The van der Waals surface area contributed by atoms with Crippen LogP contribution in [0.3, 0.4) is 0 Å². The van der Waals surface area contributed by atoms with E-state index in [1.165, 1.54) is 12.3 Å². The second-order valence-corrected chi connectivity index (χ2v) is 5.49. The maximum atomic E-state index is 10.9. The smallest absolute Gasteiger partial charge is 0.288 e. The Labute approximate surface area is 122 Å². The first-order chi connectivity index (χ1) is 9.93. The highest BCUT2D eigenvalue weighted by Gasteiger charge is 2.28. The van der Waals surface area contributed by atoms with Gasteiger partial charge in [-0.3, -0.25) is 10.1 Å². The Morgan fingerprint density at radius 2 is 2.29 bits per heavy atom. The summed E-state index contributed by atoms with van der Waals surface area (Å²) >= 11 is 0. The number of nitrogens with zero attached hydrogens (tertiary/aromatic N) is 4. The molecule has 0 amide bonds. The summed E-state index contributed by atoms with van der Waals surface area (Å²) in [5.74, 6) is 0.847. The molecule has 2 rings (SSSR count). The summed E-state index contributed by atoms with van der Waals surface area (Å²) in [5.41, 5.74) is 5.76. The van der Waals surface area contributed by atoms with Crippen LogP contribution < -0.4 is 10.6 Å². The Bertz CT molecular complexity index is 575. The van der Waals surface area contributed by atoms with Crippen LogP contribution in [0.1, 0.15) is 32.3 Å². The Balaban J connectivity index is 2.49. The number of anilines is 1. The number of hydrogen-bond donors (Lipinski definition) is 2. The van der Waals surface area contributed by atoms with Gasteiger partial charge in [-0.1, -0.05) is 12.1 Å². The molecule has 1 aromatic rings. The van der Waals surface area contributed by atoms with Gasteiger partial charge >= 0.3 is 0 Å². The molecule has 1 aromatic heterocycles. The van der Waals surface area contributed by atoms with Crippen LogP contribution in [0, 0.1) is 16.0 Å². The minimum Gasteiger partial charge on any atom is -0.409 e. The lowest BCUT2D eigenvalue weighted by Gasteiger charge is -2.38. The van der Waals surface area contributed by atoms with Gasteiger partial charge in [-0.2, -0.15) is 0 Å². The summed E-state index contributed by atoms with van der Waals surface area (Å²) < 4.78 is 0. The van der Waals surface area contributed by atoms with Crippen molar-refractivity contribution in [3.8, 4) is 0 Å². The molecule has 0 radical (unpaired) electrons. The van der Waals surface area contributed by atoms with E-state index in [9.17, 15) is 10.1 Å². The molecule has 2 unspecified atom stereocenters. The zero-order valence-electron chi connectivity index (χ0n) is 12.1.